The molecule has 0 fully saturated rings. The van der Waals surface area contributed by atoms with E-state index in [0.717, 1.165) is 0 Å². The smallest absolute Gasteiger partial charge is 0.336 e. The van der Waals surface area contributed by atoms with Crippen LogP contribution in [0.25, 0.3) is 0 Å². The van der Waals surface area contributed by atoms with Gasteiger partial charge in [-0.15, -0.1) is 0 Å². The number of aliphatic carboxylic acids is 4. The first-order valence-corrected chi connectivity index (χ1v) is 4.84. The van der Waals surface area contributed by atoms with Crippen molar-refractivity contribution < 1.29 is 39.6 Å². The molecule has 0 atom stereocenters. The van der Waals surface area contributed by atoms with E-state index in [4.69, 9.17) is 20.4 Å². The molecule has 8 nitrogen and oxygen atoms in total. The van der Waals surface area contributed by atoms with E-state index in [0.29, 0.717) is 12.2 Å². The maximum Gasteiger partial charge on any atom is 0.336 e. The highest BCUT2D eigenvalue weighted by Gasteiger charge is 2.22. The van der Waals surface area contributed by atoms with Crippen molar-refractivity contribution in [1.29, 1.82) is 0 Å². The van der Waals surface area contributed by atoms with Gasteiger partial charge in [0.25, 0.3) is 0 Å². The first-order valence-electron chi connectivity index (χ1n) is 4.84. The fourth-order valence-corrected chi connectivity index (χ4v) is 1.10. The summed E-state index contributed by atoms with van der Waals surface area (Å²) in [4.78, 5) is 43.4. The lowest BCUT2D eigenvalue weighted by molar-refractivity contribution is -0.136. The van der Waals surface area contributed by atoms with Crippen LogP contribution in [-0.2, 0) is 19.2 Å². The summed E-state index contributed by atoms with van der Waals surface area (Å²) >= 11 is 0. The van der Waals surface area contributed by atoms with Gasteiger partial charge in [-0.1, -0.05) is 19.2 Å². The van der Waals surface area contributed by atoms with Crippen molar-refractivity contribution in [2.24, 2.45) is 0 Å². The Labute approximate surface area is 112 Å². The van der Waals surface area contributed by atoms with Crippen LogP contribution < -0.4 is 0 Å². The molecule has 8 heteroatoms. The van der Waals surface area contributed by atoms with Crippen molar-refractivity contribution >= 4 is 23.9 Å². The highest BCUT2D eigenvalue weighted by molar-refractivity contribution is 6.09. The highest BCUT2D eigenvalue weighted by atomic mass is 16.4. The Balaban J connectivity index is 6.29. The zero-order valence-electron chi connectivity index (χ0n) is 9.99. The molecule has 0 bridgehead atoms. The summed E-state index contributed by atoms with van der Waals surface area (Å²) < 4.78 is 0. The SMILES string of the molecule is C=C/C(C(=O)O)=C(\C=C(/C(=C)C(=O)O)C(=O)O)C(=O)O. The Kier molecular flexibility index (Phi) is 5.63. The van der Waals surface area contributed by atoms with Crippen LogP contribution in [-0.4, -0.2) is 44.3 Å². The lowest BCUT2D eigenvalue weighted by Gasteiger charge is -2.04. The predicted octanol–water partition coefficient (Wildman–Crippen LogP) is 0.290. The summed E-state index contributed by atoms with van der Waals surface area (Å²) in [6.45, 7) is 6.08. The minimum Gasteiger partial charge on any atom is -0.478 e. The van der Waals surface area contributed by atoms with Gasteiger partial charge in [-0.05, 0) is 6.08 Å². The lowest BCUT2D eigenvalue weighted by Crippen LogP contribution is -2.14. The van der Waals surface area contributed by atoms with Gasteiger partial charge >= 0.3 is 23.9 Å². The summed E-state index contributed by atoms with van der Waals surface area (Å²) in [6, 6.07) is 0. The van der Waals surface area contributed by atoms with Gasteiger partial charge in [0.15, 0.2) is 0 Å². The number of hydrogen-bond acceptors (Lipinski definition) is 4. The van der Waals surface area contributed by atoms with Crippen molar-refractivity contribution in [3.8, 4) is 0 Å². The normalized spacial score (nSPS) is 12.1. The van der Waals surface area contributed by atoms with Gasteiger partial charge in [-0.3, -0.25) is 0 Å². The van der Waals surface area contributed by atoms with E-state index in [1.807, 2.05) is 0 Å². The van der Waals surface area contributed by atoms with Crippen LogP contribution in [0.2, 0.25) is 0 Å². The van der Waals surface area contributed by atoms with E-state index in [-0.39, 0.29) is 0 Å². The van der Waals surface area contributed by atoms with Crippen molar-refractivity contribution in [2.45, 2.75) is 0 Å². The van der Waals surface area contributed by atoms with E-state index >= 15 is 0 Å². The fraction of sp³-hybridized carbons (Fsp3) is 0. The van der Waals surface area contributed by atoms with Gasteiger partial charge < -0.3 is 20.4 Å². The summed E-state index contributed by atoms with van der Waals surface area (Å²) in [6.07, 6.45) is 1.11. The van der Waals surface area contributed by atoms with Gasteiger partial charge in [0, 0.05) is 0 Å². The quantitative estimate of drug-likeness (QED) is 0.384. The van der Waals surface area contributed by atoms with Crippen LogP contribution >= 0.6 is 0 Å². The van der Waals surface area contributed by atoms with Crippen molar-refractivity contribution in [3.05, 3.63) is 47.6 Å². The molecular weight excluding hydrogens is 272 g/mol. The Morgan fingerprint density at radius 2 is 1.20 bits per heavy atom. The zero-order chi connectivity index (χ0) is 16.0. The largest absolute Gasteiger partial charge is 0.478 e. The molecule has 0 heterocycles. The Hall–Kier alpha value is -3.16. The zero-order valence-corrected chi connectivity index (χ0v) is 9.99. The standard InChI is InChI=1S/C12H10O8/c1-3-6(10(15)16)8(12(19)20)4-7(11(17)18)5(2)9(13)14/h3-4H,1-2H2,(H,13,14)(H,15,16)(H,17,18)(H,19,20)/b7-4+,8-6-. The predicted molar refractivity (Wildman–Crippen MR) is 65.0 cm³/mol. The molecule has 0 aromatic heterocycles. The molecule has 0 unspecified atom stereocenters. The van der Waals surface area contributed by atoms with E-state index < -0.39 is 46.2 Å². The second-order valence-corrected chi connectivity index (χ2v) is 3.29. The maximum absolute atomic E-state index is 11.0. The van der Waals surface area contributed by atoms with Crippen LogP contribution in [0.3, 0.4) is 0 Å². The van der Waals surface area contributed by atoms with Crippen LogP contribution in [0.15, 0.2) is 47.6 Å². The van der Waals surface area contributed by atoms with Crippen LogP contribution in [0.4, 0.5) is 0 Å². The molecule has 0 saturated heterocycles. The number of carboxylic acids is 4. The molecule has 0 aliphatic carbocycles. The molecule has 0 radical (unpaired) electrons. The highest BCUT2D eigenvalue weighted by Crippen LogP contribution is 2.16. The average Bonchev–Trinajstić information content (AvgIpc) is 2.31. The fourth-order valence-electron chi connectivity index (χ4n) is 1.10. The van der Waals surface area contributed by atoms with E-state index in [9.17, 15) is 19.2 Å². The second-order valence-electron chi connectivity index (χ2n) is 3.29. The molecule has 0 aromatic carbocycles. The van der Waals surface area contributed by atoms with Crippen LogP contribution in [0.5, 0.6) is 0 Å². The minimum atomic E-state index is -1.76. The minimum absolute atomic E-state index is 0.409. The van der Waals surface area contributed by atoms with E-state index in [1.165, 1.54) is 0 Å². The third-order valence-electron chi connectivity index (χ3n) is 2.06. The van der Waals surface area contributed by atoms with E-state index in [1.54, 1.807) is 0 Å². The van der Waals surface area contributed by atoms with E-state index in [2.05, 4.69) is 13.2 Å². The van der Waals surface area contributed by atoms with Crippen molar-refractivity contribution in [3.63, 3.8) is 0 Å². The lowest BCUT2D eigenvalue weighted by atomic mass is 10.0. The number of carboxylic acid groups (broad SMARTS) is 4. The second kappa shape index (κ2) is 6.69. The average molecular weight is 282 g/mol. The van der Waals surface area contributed by atoms with Gasteiger partial charge in [-0.25, -0.2) is 19.2 Å². The van der Waals surface area contributed by atoms with Crippen LogP contribution in [0.1, 0.15) is 0 Å². The molecule has 0 aliphatic heterocycles. The number of hydrogen-bond donors (Lipinski definition) is 4. The van der Waals surface area contributed by atoms with Crippen molar-refractivity contribution in [1.82, 2.24) is 0 Å². The molecule has 0 aliphatic rings. The topological polar surface area (TPSA) is 149 Å². The summed E-state index contributed by atoms with van der Waals surface area (Å²) in [5.41, 5.74) is -3.54. The van der Waals surface area contributed by atoms with Gasteiger partial charge in [0.2, 0.25) is 0 Å². The molecule has 0 saturated carbocycles. The molecule has 0 aromatic rings. The first kappa shape index (κ1) is 16.8. The molecule has 0 amide bonds. The molecule has 4 N–H and O–H groups in total. The monoisotopic (exact) mass is 282 g/mol. The van der Waals surface area contributed by atoms with Gasteiger partial charge in [0.1, 0.15) is 0 Å². The van der Waals surface area contributed by atoms with Crippen LogP contribution in [0, 0.1) is 0 Å². The molecular formula is C12H10O8. The molecule has 0 rings (SSSR count). The Morgan fingerprint density at radius 3 is 1.45 bits per heavy atom. The molecule has 106 valence electrons. The van der Waals surface area contributed by atoms with Gasteiger partial charge in [-0.2, -0.15) is 0 Å². The Morgan fingerprint density at radius 1 is 0.750 bits per heavy atom. The number of carbonyl (C=O) groups is 4. The van der Waals surface area contributed by atoms with Gasteiger partial charge in [0.05, 0.1) is 22.3 Å². The van der Waals surface area contributed by atoms with Crippen molar-refractivity contribution in [2.75, 3.05) is 0 Å². The summed E-state index contributed by atoms with van der Waals surface area (Å²) in [5, 5.41) is 35.2. The summed E-state index contributed by atoms with van der Waals surface area (Å²) in [7, 11) is 0. The third-order valence-corrected chi connectivity index (χ3v) is 2.06. The molecule has 20 heavy (non-hydrogen) atoms. The molecule has 0 spiro atoms. The summed E-state index contributed by atoms with van der Waals surface area (Å²) in [5.74, 6) is -6.85. The maximum atomic E-state index is 11.0. The number of rotatable bonds is 7. The first-order chi connectivity index (χ1) is 9.13. The Bertz CT molecular complexity index is 576. The third kappa shape index (κ3) is 3.95.